The summed E-state index contributed by atoms with van der Waals surface area (Å²) < 4.78 is 1.83. The van der Waals surface area contributed by atoms with Crippen molar-refractivity contribution < 1.29 is 0 Å². The number of halogens is 1. The average Bonchev–Trinajstić information content (AvgIpc) is 2.58. The van der Waals surface area contributed by atoms with Gasteiger partial charge in [-0.05, 0) is 43.3 Å². The third-order valence-electron chi connectivity index (χ3n) is 3.87. The standard InChI is InChI=1S/C20H13ClOS2/c1-12-5-4-6-13(11-12)23-17-10-9-15-19(22)14-7-2-3-8-16(14)24-20(15)18(17)21/h2-11H,1H3. The molecule has 118 valence electrons. The number of benzene rings is 3. The Labute approximate surface area is 152 Å². The molecule has 0 amide bonds. The molecule has 0 spiro atoms. The summed E-state index contributed by atoms with van der Waals surface area (Å²) in [6.07, 6.45) is 0. The fraction of sp³-hybridized carbons (Fsp3) is 0.0500. The lowest BCUT2D eigenvalue weighted by molar-refractivity contribution is 1.35. The lowest BCUT2D eigenvalue weighted by Gasteiger charge is -2.08. The summed E-state index contributed by atoms with van der Waals surface area (Å²) in [6, 6.07) is 19.8. The van der Waals surface area contributed by atoms with Crippen LogP contribution in [0.2, 0.25) is 5.02 Å². The maximum Gasteiger partial charge on any atom is 0.195 e. The molecule has 0 saturated heterocycles. The molecule has 0 fully saturated rings. The van der Waals surface area contributed by atoms with Gasteiger partial charge in [-0.2, -0.15) is 0 Å². The molecule has 0 saturated carbocycles. The van der Waals surface area contributed by atoms with Crippen molar-refractivity contribution in [2.24, 2.45) is 0 Å². The fourth-order valence-corrected chi connectivity index (χ4v) is 5.24. The number of hydrogen-bond donors (Lipinski definition) is 0. The highest BCUT2D eigenvalue weighted by molar-refractivity contribution is 7.99. The normalized spacial score (nSPS) is 11.2. The molecule has 0 aliphatic rings. The zero-order valence-corrected chi connectivity index (χ0v) is 15.3. The Hall–Kier alpha value is -1.81. The van der Waals surface area contributed by atoms with Crippen molar-refractivity contribution in [3.63, 3.8) is 0 Å². The Morgan fingerprint density at radius 1 is 0.958 bits per heavy atom. The highest BCUT2D eigenvalue weighted by atomic mass is 35.5. The molecule has 3 aromatic carbocycles. The van der Waals surface area contributed by atoms with Gasteiger partial charge in [0.25, 0.3) is 0 Å². The van der Waals surface area contributed by atoms with Gasteiger partial charge in [-0.1, -0.05) is 53.2 Å². The molecule has 0 aliphatic heterocycles. The zero-order valence-electron chi connectivity index (χ0n) is 12.9. The maximum atomic E-state index is 12.7. The monoisotopic (exact) mass is 368 g/mol. The quantitative estimate of drug-likeness (QED) is 0.374. The van der Waals surface area contributed by atoms with E-state index in [9.17, 15) is 4.79 Å². The van der Waals surface area contributed by atoms with Gasteiger partial charge in [-0.15, -0.1) is 11.3 Å². The first-order chi connectivity index (χ1) is 11.6. The molecule has 1 heterocycles. The molecule has 1 nitrogen and oxygen atoms in total. The predicted octanol–water partition coefficient (Wildman–Crippen LogP) is 6.53. The third kappa shape index (κ3) is 2.73. The maximum absolute atomic E-state index is 12.7. The molecule has 4 rings (SSSR count). The first kappa shape index (κ1) is 15.7. The van der Waals surface area contributed by atoms with Crippen LogP contribution < -0.4 is 5.43 Å². The zero-order chi connectivity index (χ0) is 16.7. The first-order valence-electron chi connectivity index (χ1n) is 7.52. The van der Waals surface area contributed by atoms with Crippen LogP contribution in [0.3, 0.4) is 0 Å². The van der Waals surface area contributed by atoms with Crippen LogP contribution in [0.4, 0.5) is 0 Å². The second-order valence-electron chi connectivity index (χ2n) is 5.60. The largest absolute Gasteiger partial charge is 0.289 e. The van der Waals surface area contributed by atoms with Crippen molar-refractivity contribution >= 4 is 54.9 Å². The number of hydrogen-bond acceptors (Lipinski definition) is 3. The summed E-state index contributed by atoms with van der Waals surface area (Å²) in [7, 11) is 0. The van der Waals surface area contributed by atoms with Crippen LogP contribution in [0.15, 0.2) is 75.2 Å². The third-order valence-corrected chi connectivity index (χ3v) is 6.74. The average molecular weight is 369 g/mol. The van der Waals surface area contributed by atoms with Gasteiger partial charge in [0.05, 0.1) is 9.72 Å². The van der Waals surface area contributed by atoms with Crippen LogP contribution in [-0.4, -0.2) is 0 Å². The van der Waals surface area contributed by atoms with Crippen molar-refractivity contribution in [3.8, 4) is 0 Å². The van der Waals surface area contributed by atoms with E-state index >= 15 is 0 Å². The molecule has 0 aliphatic carbocycles. The van der Waals surface area contributed by atoms with E-state index in [0.717, 1.165) is 24.6 Å². The molecule has 4 aromatic rings. The van der Waals surface area contributed by atoms with Gasteiger partial charge in [0.2, 0.25) is 0 Å². The van der Waals surface area contributed by atoms with Gasteiger partial charge in [0.15, 0.2) is 5.43 Å². The van der Waals surface area contributed by atoms with Gasteiger partial charge in [0.1, 0.15) is 0 Å². The molecular weight excluding hydrogens is 356 g/mol. The van der Waals surface area contributed by atoms with E-state index in [2.05, 4.69) is 25.1 Å². The van der Waals surface area contributed by atoms with Crippen molar-refractivity contribution in [1.29, 1.82) is 0 Å². The number of fused-ring (bicyclic) bond motifs is 2. The van der Waals surface area contributed by atoms with Gasteiger partial charge in [0, 0.05) is 25.3 Å². The minimum atomic E-state index is 0.0494. The Kier molecular flexibility index (Phi) is 4.09. The minimum absolute atomic E-state index is 0.0494. The Bertz CT molecular complexity index is 1130. The lowest BCUT2D eigenvalue weighted by atomic mass is 10.2. The van der Waals surface area contributed by atoms with E-state index in [0.29, 0.717) is 10.4 Å². The Morgan fingerprint density at radius 3 is 2.62 bits per heavy atom. The molecule has 0 atom stereocenters. The summed E-state index contributed by atoms with van der Waals surface area (Å²) >= 11 is 9.86. The van der Waals surface area contributed by atoms with E-state index in [1.807, 2.05) is 42.5 Å². The predicted molar refractivity (Wildman–Crippen MR) is 106 cm³/mol. The lowest BCUT2D eigenvalue weighted by Crippen LogP contribution is -2.01. The highest BCUT2D eigenvalue weighted by Crippen LogP contribution is 2.39. The van der Waals surface area contributed by atoms with Crippen LogP contribution in [0.5, 0.6) is 0 Å². The molecule has 24 heavy (non-hydrogen) atoms. The highest BCUT2D eigenvalue weighted by Gasteiger charge is 2.12. The van der Waals surface area contributed by atoms with Gasteiger partial charge in [-0.3, -0.25) is 4.79 Å². The van der Waals surface area contributed by atoms with Crippen molar-refractivity contribution in [1.82, 2.24) is 0 Å². The Balaban J connectivity index is 1.91. The molecule has 0 unspecified atom stereocenters. The topological polar surface area (TPSA) is 17.1 Å². The van der Waals surface area contributed by atoms with Crippen molar-refractivity contribution in [3.05, 3.63) is 81.5 Å². The number of rotatable bonds is 2. The smallest absolute Gasteiger partial charge is 0.195 e. The van der Waals surface area contributed by atoms with Gasteiger partial charge < -0.3 is 0 Å². The van der Waals surface area contributed by atoms with Crippen LogP contribution in [0.1, 0.15) is 5.56 Å². The van der Waals surface area contributed by atoms with Crippen molar-refractivity contribution in [2.45, 2.75) is 16.7 Å². The molecule has 0 radical (unpaired) electrons. The SMILES string of the molecule is Cc1cccc(Sc2ccc3c(=O)c4ccccc4sc3c2Cl)c1. The second kappa shape index (κ2) is 6.25. The molecule has 0 N–H and O–H groups in total. The second-order valence-corrected chi connectivity index (χ2v) is 8.15. The van der Waals surface area contributed by atoms with E-state index < -0.39 is 0 Å². The first-order valence-corrected chi connectivity index (χ1v) is 9.53. The van der Waals surface area contributed by atoms with E-state index in [4.69, 9.17) is 11.6 Å². The minimum Gasteiger partial charge on any atom is -0.289 e. The van der Waals surface area contributed by atoms with Crippen LogP contribution in [-0.2, 0) is 0 Å². The summed E-state index contributed by atoms with van der Waals surface area (Å²) in [4.78, 5) is 14.8. The van der Waals surface area contributed by atoms with Crippen LogP contribution in [0.25, 0.3) is 20.2 Å². The molecule has 0 bridgehead atoms. The van der Waals surface area contributed by atoms with Crippen LogP contribution in [0, 0.1) is 6.92 Å². The van der Waals surface area contributed by atoms with E-state index in [1.165, 1.54) is 5.56 Å². The summed E-state index contributed by atoms with van der Waals surface area (Å²) in [5.74, 6) is 0. The van der Waals surface area contributed by atoms with Crippen LogP contribution >= 0.6 is 34.7 Å². The summed E-state index contributed by atoms with van der Waals surface area (Å²) in [5, 5.41) is 2.11. The van der Waals surface area contributed by atoms with E-state index in [-0.39, 0.29) is 5.43 Å². The fourth-order valence-electron chi connectivity index (χ4n) is 2.70. The van der Waals surface area contributed by atoms with Crippen molar-refractivity contribution in [2.75, 3.05) is 0 Å². The molecular formula is C20H13ClOS2. The van der Waals surface area contributed by atoms with Gasteiger partial charge >= 0.3 is 0 Å². The van der Waals surface area contributed by atoms with E-state index in [1.54, 1.807) is 23.1 Å². The number of aryl methyl sites for hydroxylation is 1. The van der Waals surface area contributed by atoms with Gasteiger partial charge in [-0.25, -0.2) is 0 Å². The Morgan fingerprint density at radius 2 is 1.79 bits per heavy atom. The molecule has 4 heteroatoms. The summed E-state index contributed by atoms with van der Waals surface area (Å²) in [6.45, 7) is 2.07. The summed E-state index contributed by atoms with van der Waals surface area (Å²) in [5.41, 5.74) is 1.26. The molecule has 1 aromatic heterocycles.